The highest BCUT2D eigenvalue weighted by molar-refractivity contribution is 7.80. The molecule has 0 N–H and O–H groups in total. The normalized spacial score (nSPS) is 11.1. The fourth-order valence-corrected chi connectivity index (χ4v) is 2.68. The Labute approximate surface area is 176 Å². The van der Waals surface area contributed by atoms with Gasteiger partial charge in [-0.2, -0.15) is 10.2 Å². The Kier molecular flexibility index (Phi) is 6.71. The Morgan fingerprint density at radius 1 is 0.793 bits per heavy atom. The fourth-order valence-electron chi connectivity index (χ4n) is 2.50. The van der Waals surface area contributed by atoms with Gasteiger partial charge in [0.05, 0.1) is 18.1 Å². The first kappa shape index (κ1) is 20.2. The van der Waals surface area contributed by atoms with Gasteiger partial charge in [-0.15, -0.1) is 0 Å². The molecule has 1 heterocycles. The Morgan fingerprint density at radius 3 is 1.83 bits per heavy atom. The summed E-state index contributed by atoms with van der Waals surface area (Å²) in [4.78, 5) is 0.635. The van der Waals surface area contributed by atoms with E-state index in [1.54, 1.807) is 29.5 Å². The number of hydrogen-bond donors (Lipinski definition) is 0. The molecule has 0 aliphatic rings. The van der Waals surface area contributed by atoms with Crippen molar-refractivity contribution >= 4 is 35.3 Å². The Balaban J connectivity index is 1.60. The third-order valence-corrected chi connectivity index (χ3v) is 4.68. The first-order valence-electron chi connectivity index (χ1n) is 9.03. The Morgan fingerprint density at radius 2 is 1.28 bits per heavy atom. The second-order valence-electron chi connectivity index (χ2n) is 6.26. The van der Waals surface area contributed by atoms with Crippen LogP contribution in [0.2, 0.25) is 0 Å². The van der Waals surface area contributed by atoms with Gasteiger partial charge < -0.3 is 4.42 Å². The van der Waals surface area contributed by atoms with E-state index in [0.29, 0.717) is 16.5 Å². The third kappa shape index (κ3) is 5.49. The van der Waals surface area contributed by atoms with Crippen LogP contribution in [0, 0.1) is 0 Å². The first-order valence-corrected chi connectivity index (χ1v) is 9.44. The molecule has 0 bridgehead atoms. The van der Waals surface area contributed by atoms with E-state index in [4.69, 9.17) is 16.6 Å². The maximum atomic E-state index is 5.73. The minimum Gasteiger partial charge on any atom is -0.454 e. The van der Waals surface area contributed by atoms with Gasteiger partial charge in [-0.05, 0) is 17.7 Å². The minimum atomic E-state index is 0.610. The molecule has 0 saturated carbocycles. The summed E-state index contributed by atoms with van der Waals surface area (Å²) in [5, 5.41) is 12.1. The van der Waals surface area contributed by atoms with Crippen LogP contribution >= 0.6 is 12.2 Å². The number of thiocarbonyl (C=S) groups is 1. The first-order chi connectivity index (χ1) is 14.0. The van der Waals surface area contributed by atoms with Gasteiger partial charge >= 0.3 is 0 Å². The van der Waals surface area contributed by atoms with Crippen molar-refractivity contribution in [1.82, 2.24) is 10.0 Å². The quantitative estimate of drug-likeness (QED) is 0.322. The summed E-state index contributed by atoms with van der Waals surface area (Å²) < 4.78 is 5.73. The third-order valence-electron chi connectivity index (χ3n) is 4.18. The van der Waals surface area contributed by atoms with Crippen LogP contribution < -0.4 is 0 Å². The Hall–Kier alpha value is -3.51. The summed E-state index contributed by atoms with van der Waals surface area (Å²) in [5.74, 6) is 1.23. The lowest BCUT2D eigenvalue weighted by atomic mass is 10.2. The number of benzene rings is 2. The second-order valence-corrected chi connectivity index (χ2v) is 6.65. The van der Waals surface area contributed by atoms with E-state index >= 15 is 0 Å². The smallest absolute Gasteiger partial charge is 0.147 e. The summed E-state index contributed by atoms with van der Waals surface area (Å²) in [6, 6.07) is 23.3. The molecule has 0 atom stereocenters. The van der Waals surface area contributed by atoms with Gasteiger partial charge in [0.2, 0.25) is 0 Å². The van der Waals surface area contributed by atoms with Crippen LogP contribution in [-0.2, 0) is 0 Å². The van der Waals surface area contributed by atoms with E-state index in [9.17, 15) is 0 Å². The van der Waals surface area contributed by atoms with Crippen LogP contribution in [0.1, 0.15) is 22.6 Å². The van der Waals surface area contributed by atoms with Crippen LogP contribution in [0.4, 0.5) is 0 Å². The SMILES string of the molecule is C=C(c1ccccc1)N(C)/N=C\c1ccc(/C=N\N(C)C(=S)c2ccccc2)o1. The van der Waals surface area contributed by atoms with Crippen molar-refractivity contribution in [2.45, 2.75) is 0 Å². The van der Waals surface area contributed by atoms with E-state index in [-0.39, 0.29) is 0 Å². The highest BCUT2D eigenvalue weighted by Crippen LogP contribution is 2.15. The van der Waals surface area contributed by atoms with E-state index < -0.39 is 0 Å². The van der Waals surface area contributed by atoms with Crippen molar-refractivity contribution in [1.29, 1.82) is 0 Å². The largest absolute Gasteiger partial charge is 0.454 e. The predicted octanol–water partition coefficient (Wildman–Crippen LogP) is 4.86. The monoisotopic (exact) mass is 402 g/mol. The van der Waals surface area contributed by atoms with E-state index in [0.717, 1.165) is 16.8 Å². The van der Waals surface area contributed by atoms with Crippen molar-refractivity contribution < 1.29 is 4.42 Å². The maximum Gasteiger partial charge on any atom is 0.147 e. The Bertz CT molecular complexity index is 943. The summed E-state index contributed by atoms with van der Waals surface area (Å²) in [7, 11) is 3.65. The van der Waals surface area contributed by atoms with Crippen molar-refractivity contribution in [3.8, 4) is 0 Å². The average Bonchev–Trinajstić information content (AvgIpc) is 3.23. The lowest BCUT2D eigenvalue weighted by Crippen LogP contribution is -2.20. The van der Waals surface area contributed by atoms with Gasteiger partial charge in [-0.3, -0.25) is 10.0 Å². The molecule has 6 heteroatoms. The number of nitrogens with zero attached hydrogens (tertiary/aromatic N) is 4. The molecule has 29 heavy (non-hydrogen) atoms. The van der Waals surface area contributed by atoms with Crippen molar-refractivity contribution in [2.24, 2.45) is 10.2 Å². The molecule has 0 saturated heterocycles. The summed E-state index contributed by atoms with van der Waals surface area (Å²) in [5.41, 5.74) is 2.75. The molecule has 146 valence electrons. The molecule has 1 aromatic heterocycles. The lowest BCUT2D eigenvalue weighted by molar-refractivity contribution is 0.510. The molecule has 0 fully saturated rings. The molecule has 0 spiro atoms. The molecule has 3 aromatic rings. The van der Waals surface area contributed by atoms with Gasteiger partial charge in [0.1, 0.15) is 16.5 Å². The molecule has 0 unspecified atom stereocenters. The van der Waals surface area contributed by atoms with E-state index in [1.807, 2.05) is 79.8 Å². The van der Waals surface area contributed by atoms with Gasteiger partial charge in [-0.1, -0.05) is 79.5 Å². The zero-order valence-corrected chi connectivity index (χ0v) is 17.2. The van der Waals surface area contributed by atoms with Crippen molar-refractivity contribution in [3.63, 3.8) is 0 Å². The lowest BCUT2D eigenvalue weighted by Gasteiger charge is -2.15. The van der Waals surface area contributed by atoms with Gasteiger partial charge in [0, 0.05) is 19.7 Å². The van der Waals surface area contributed by atoms with Crippen LogP contribution in [0.3, 0.4) is 0 Å². The van der Waals surface area contributed by atoms with Crippen LogP contribution in [0.15, 0.2) is 94.0 Å². The summed E-state index contributed by atoms with van der Waals surface area (Å²) in [6.07, 6.45) is 3.27. The number of rotatable bonds is 7. The molecule has 0 aliphatic carbocycles. The molecular formula is C23H22N4OS. The molecule has 2 aromatic carbocycles. The molecule has 5 nitrogen and oxygen atoms in total. The number of hydrogen-bond acceptors (Lipinski definition) is 5. The van der Waals surface area contributed by atoms with Gasteiger partial charge in [0.25, 0.3) is 0 Å². The second kappa shape index (κ2) is 9.61. The standard InChI is InChI=1S/C23H22N4OS/c1-18(19-10-6-4-7-11-19)26(2)24-16-21-14-15-22(28-21)17-25-27(3)23(29)20-12-8-5-9-13-20/h4-17H,1H2,2-3H3/b24-16-,25-17-. The number of hydrazone groups is 2. The summed E-state index contributed by atoms with van der Waals surface area (Å²) in [6.45, 7) is 4.08. The highest BCUT2D eigenvalue weighted by Gasteiger charge is 2.06. The van der Waals surface area contributed by atoms with E-state index in [1.165, 1.54) is 0 Å². The van der Waals surface area contributed by atoms with Crippen LogP contribution in [0.25, 0.3) is 5.70 Å². The van der Waals surface area contributed by atoms with Crippen molar-refractivity contribution in [2.75, 3.05) is 14.1 Å². The van der Waals surface area contributed by atoms with Crippen molar-refractivity contribution in [3.05, 3.63) is 102 Å². The minimum absolute atomic E-state index is 0.610. The average molecular weight is 403 g/mol. The van der Waals surface area contributed by atoms with Crippen LogP contribution in [0.5, 0.6) is 0 Å². The zero-order chi connectivity index (χ0) is 20.6. The number of furan rings is 1. The van der Waals surface area contributed by atoms with Gasteiger partial charge in [-0.25, -0.2) is 0 Å². The predicted molar refractivity (Wildman–Crippen MR) is 123 cm³/mol. The molecule has 0 radical (unpaired) electrons. The zero-order valence-electron chi connectivity index (χ0n) is 16.4. The molecule has 0 aliphatic heterocycles. The maximum absolute atomic E-state index is 5.73. The van der Waals surface area contributed by atoms with E-state index in [2.05, 4.69) is 16.8 Å². The molecule has 3 rings (SSSR count). The topological polar surface area (TPSA) is 44.3 Å². The van der Waals surface area contributed by atoms with Crippen LogP contribution in [-0.4, -0.2) is 41.5 Å². The molecular weight excluding hydrogens is 380 g/mol. The fraction of sp³-hybridized carbons (Fsp3) is 0.0870. The summed E-state index contributed by atoms with van der Waals surface area (Å²) >= 11 is 5.45. The molecule has 0 amide bonds. The highest BCUT2D eigenvalue weighted by atomic mass is 32.1. The van der Waals surface area contributed by atoms with Gasteiger partial charge in [0.15, 0.2) is 0 Å².